The topological polar surface area (TPSA) is 58.1 Å². The molecule has 1 fully saturated rings. The number of imidazole rings is 1. The Hall–Kier alpha value is -2.77. The minimum absolute atomic E-state index is 0.0682. The van der Waals surface area contributed by atoms with Gasteiger partial charge in [-0.1, -0.05) is 30.3 Å². The highest BCUT2D eigenvalue weighted by Gasteiger charge is 2.27. The molecule has 0 bridgehead atoms. The van der Waals surface area contributed by atoms with Gasteiger partial charge in [0.15, 0.2) is 0 Å². The number of carbonyl (C=O) groups is 1. The minimum atomic E-state index is -0.0682. The van der Waals surface area contributed by atoms with Crippen LogP contribution in [0.15, 0.2) is 75.7 Å². The number of thiophene rings is 1. The Morgan fingerprint density at radius 1 is 1.03 bits per heavy atom. The van der Waals surface area contributed by atoms with E-state index in [9.17, 15) is 9.59 Å². The van der Waals surface area contributed by atoms with Gasteiger partial charge in [0.1, 0.15) is 0 Å². The summed E-state index contributed by atoms with van der Waals surface area (Å²) < 4.78 is 1.86. The largest absolute Gasteiger partial charge is 0.338 e. The van der Waals surface area contributed by atoms with Crippen molar-refractivity contribution in [2.24, 2.45) is 0 Å². The number of piperidine rings is 1. The van der Waals surface area contributed by atoms with Gasteiger partial charge in [0, 0.05) is 34.7 Å². The van der Waals surface area contributed by atoms with Crippen LogP contribution < -0.4 is 5.69 Å². The van der Waals surface area contributed by atoms with Gasteiger partial charge in [-0.25, -0.2) is 4.79 Å². The van der Waals surface area contributed by atoms with Crippen molar-refractivity contribution < 1.29 is 4.79 Å². The molecule has 158 valence electrons. The Labute approximate surface area is 188 Å². The van der Waals surface area contributed by atoms with E-state index in [4.69, 9.17) is 0 Å². The van der Waals surface area contributed by atoms with Gasteiger partial charge in [0.25, 0.3) is 5.91 Å². The molecule has 5 rings (SSSR count). The average Bonchev–Trinajstić information content (AvgIpc) is 3.44. The summed E-state index contributed by atoms with van der Waals surface area (Å²) in [6.45, 7) is 1.30. The summed E-state index contributed by atoms with van der Waals surface area (Å²) in [6.07, 6.45) is 1.55. The maximum Gasteiger partial charge on any atom is 0.326 e. The van der Waals surface area contributed by atoms with Gasteiger partial charge in [0.2, 0.25) is 0 Å². The van der Waals surface area contributed by atoms with E-state index in [0.717, 1.165) is 40.1 Å². The predicted octanol–water partition coefficient (Wildman–Crippen LogP) is 5.16. The number of aromatic amines is 1. The second-order valence-corrected chi connectivity index (χ2v) is 9.75. The highest BCUT2D eigenvalue weighted by atomic mass is 32.2. The fraction of sp³-hybridized carbons (Fsp3) is 0.250. The fourth-order valence-electron chi connectivity index (χ4n) is 4.25. The van der Waals surface area contributed by atoms with Crippen LogP contribution in [-0.2, 0) is 5.75 Å². The lowest BCUT2D eigenvalue weighted by Gasteiger charge is -2.33. The van der Waals surface area contributed by atoms with Crippen molar-refractivity contribution in [1.29, 1.82) is 0 Å². The van der Waals surface area contributed by atoms with Crippen molar-refractivity contribution in [2.75, 3.05) is 13.1 Å². The number of rotatable bonds is 5. The lowest BCUT2D eigenvalue weighted by atomic mass is 10.0. The number of hydrogen-bond donors (Lipinski definition) is 1. The third kappa shape index (κ3) is 4.07. The molecule has 1 aliphatic rings. The number of aromatic nitrogens is 2. The Morgan fingerprint density at radius 3 is 2.61 bits per heavy atom. The summed E-state index contributed by atoms with van der Waals surface area (Å²) in [5.41, 5.74) is 2.50. The first-order valence-corrected chi connectivity index (χ1v) is 12.3. The van der Waals surface area contributed by atoms with Crippen LogP contribution >= 0.6 is 23.1 Å². The second kappa shape index (κ2) is 8.77. The SMILES string of the molecule is O=C(c1ccccc1SCc1cccs1)N1CCC(n2c(=O)[nH]c3ccccc32)CC1. The number of carbonyl (C=O) groups excluding carboxylic acids is 1. The van der Waals surface area contributed by atoms with E-state index in [1.165, 1.54) is 4.88 Å². The number of H-pyrrole nitrogens is 1. The molecule has 0 atom stereocenters. The predicted molar refractivity (Wildman–Crippen MR) is 127 cm³/mol. The van der Waals surface area contributed by atoms with E-state index in [-0.39, 0.29) is 17.6 Å². The Bertz CT molecular complexity index is 1250. The van der Waals surface area contributed by atoms with Crippen molar-refractivity contribution in [3.05, 3.63) is 87.0 Å². The summed E-state index contributed by atoms with van der Waals surface area (Å²) in [7, 11) is 0. The Balaban J connectivity index is 1.29. The van der Waals surface area contributed by atoms with E-state index in [1.807, 2.05) is 58.0 Å². The first-order valence-electron chi connectivity index (χ1n) is 10.4. The molecule has 2 aromatic carbocycles. The number of nitrogens with zero attached hydrogens (tertiary/aromatic N) is 2. The molecular formula is C24H23N3O2S2. The van der Waals surface area contributed by atoms with Crippen LogP contribution in [-0.4, -0.2) is 33.4 Å². The van der Waals surface area contributed by atoms with Crippen molar-refractivity contribution in [3.63, 3.8) is 0 Å². The van der Waals surface area contributed by atoms with Gasteiger partial charge < -0.3 is 9.88 Å². The summed E-state index contributed by atoms with van der Waals surface area (Å²) in [6, 6.07) is 20.0. The monoisotopic (exact) mass is 449 g/mol. The smallest absolute Gasteiger partial charge is 0.326 e. The van der Waals surface area contributed by atoms with E-state index in [1.54, 1.807) is 23.1 Å². The third-order valence-corrected chi connectivity index (χ3v) is 7.99. The molecule has 0 unspecified atom stereocenters. The summed E-state index contributed by atoms with van der Waals surface area (Å²) in [5, 5.41) is 2.08. The van der Waals surface area contributed by atoms with Crippen LogP contribution in [0.1, 0.15) is 34.1 Å². The van der Waals surface area contributed by atoms with Gasteiger partial charge in [-0.15, -0.1) is 23.1 Å². The number of benzene rings is 2. The number of fused-ring (bicyclic) bond motifs is 1. The fourth-order valence-corrected chi connectivity index (χ4v) is 6.06. The quantitative estimate of drug-likeness (QED) is 0.428. The van der Waals surface area contributed by atoms with E-state index in [2.05, 4.69) is 22.5 Å². The zero-order valence-corrected chi connectivity index (χ0v) is 18.6. The number of likely N-dealkylation sites (tertiary alicyclic amines) is 1. The van der Waals surface area contributed by atoms with Gasteiger partial charge in [0.05, 0.1) is 16.6 Å². The summed E-state index contributed by atoms with van der Waals surface area (Å²) in [5.74, 6) is 0.951. The van der Waals surface area contributed by atoms with Crippen LogP contribution in [0.4, 0.5) is 0 Å². The van der Waals surface area contributed by atoms with Crippen LogP contribution in [0.5, 0.6) is 0 Å². The normalized spacial score (nSPS) is 14.9. The summed E-state index contributed by atoms with van der Waals surface area (Å²) >= 11 is 3.45. The molecule has 1 saturated heterocycles. The first-order chi connectivity index (χ1) is 15.2. The molecule has 4 aromatic rings. The van der Waals surface area contributed by atoms with Crippen LogP contribution in [0.2, 0.25) is 0 Å². The summed E-state index contributed by atoms with van der Waals surface area (Å²) in [4.78, 5) is 33.0. The van der Waals surface area contributed by atoms with Crippen LogP contribution in [0.25, 0.3) is 11.0 Å². The molecule has 7 heteroatoms. The molecule has 1 amide bonds. The molecule has 1 N–H and O–H groups in total. The molecule has 5 nitrogen and oxygen atoms in total. The van der Waals surface area contributed by atoms with Gasteiger partial charge in [-0.3, -0.25) is 9.36 Å². The molecule has 0 saturated carbocycles. The maximum atomic E-state index is 13.3. The lowest BCUT2D eigenvalue weighted by molar-refractivity contribution is 0.0691. The first kappa shape index (κ1) is 20.2. The van der Waals surface area contributed by atoms with Crippen LogP contribution in [0, 0.1) is 0 Å². The van der Waals surface area contributed by atoms with E-state index in [0.29, 0.717) is 13.1 Å². The molecule has 1 aliphatic heterocycles. The minimum Gasteiger partial charge on any atom is -0.338 e. The van der Waals surface area contributed by atoms with E-state index < -0.39 is 0 Å². The highest BCUT2D eigenvalue weighted by molar-refractivity contribution is 7.98. The number of nitrogens with one attached hydrogen (secondary N) is 1. The number of hydrogen-bond acceptors (Lipinski definition) is 4. The average molecular weight is 450 g/mol. The number of amides is 1. The van der Waals surface area contributed by atoms with Gasteiger partial charge in [-0.2, -0.15) is 0 Å². The van der Waals surface area contributed by atoms with E-state index >= 15 is 0 Å². The second-order valence-electron chi connectivity index (χ2n) is 7.70. The molecule has 2 aromatic heterocycles. The molecule has 3 heterocycles. The number of para-hydroxylation sites is 2. The van der Waals surface area contributed by atoms with Crippen molar-refractivity contribution >= 4 is 40.0 Å². The third-order valence-electron chi connectivity index (χ3n) is 5.81. The van der Waals surface area contributed by atoms with Crippen molar-refractivity contribution in [1.82, 2.24) is 14.5 Å². The van der Waals surface area contributed by atoms with Crippen molar-refractivity contribution in [3.8, 4) is 0 Å². The Kier molecular flexibility index (Phi) is 5.70. The molecule has 0 aliphatic carbocycles. The zero-order valence-electron chi connectivity index (χ0n) is 17.0. The van der Waals surface area contributed by atoms with Gasteiger partial charge in [-0.05, 0) is 48.6 Å². The lowest BCUT2D eigenvalue weighted by Crippen LogP contribution is -2.40. The maximum absolute atomic E-state index is 13.3. The highest BCUT2D eigenvalue weighted by Crippen LogP contribution is 2.30. The molecule has 0 radical (unpaired) electrons. The standard InChI is InChI=1S/C24H23N3O2S2/c28-23(19-7-1-4-10-22(19)31-16-18-6-5-15-30-18)26-13-11-17(12-14-26)27-21-9-3-2-8-20(21)25-24(27)29/h1-10,15,17H,11-14,16H2,(H,25,29). The van der Waals surface area contributed by atoms with Crippen molar-refractivity contribution in [2.45, 2.75) is 29.5 Å². The molecule has 0 spiro atoms. The zero-order chi connectivity index (χ0) is 21.2. The Morgan fingerprint density at radius 2 is 1.81 bits per heavy atom. The number of thioether (sulfide) groups is 1. The molecular weight excluding hydrogens is 426 g/mol. The van der Waals surface area contributed by atoms with Gasteiger partial charge >= 0.3 is 5.69 Å². The van der Waals surface area contributed by atoms with Crippen LogP contribution in [0.3, 0.4) is 0 Å². The molecule has 31 heavy (non-hydrogen) atoms.